The van der Waals surface area contributed by atoms with Crippen molar-refractivity contribution in [1.29, 1.82) is 0 Å². The number of aromatic nitrogens is 2. The van der Waals surface area contributed by atoms with Crippen LogP contribution in [-0.2, 0) is 4.79 Å². The molecular weight excluding hydrogens is 292 g/mol. The van der Waals surface area contributed by atoms with Gasteiger partial charge in [-0.05, 0) is 30.7 Å². The van der Waals surface area contributed by atoms with Crippen molar-refractivity contribution in [2.75, 3.05) is 37.7 Å². The molecule has 2 aromatic heterocycles. The van der Waals surface area contributed by atoms with Crippen LogP contribution >= 0.6 is 0 Å². The Kier molecular flexibility index (Phi) is 4.71. The Morgan fingerprint density at radius 2 is 1.96 bits per heavy atom. The summed E-state index contributed by atoms with van der Waals surface area (Å²) in [6.07, 6.45) is 5.09. The number of amides is 1. The largest absolute Gasteiger partial charge is 0.482 e. The second-order valence-corrected chi connectivity index (χ2v) is 5.49. The van der Waals surface area contributed by atoms with Crippen LogP contribution in [0.25, 0.3) is 0 Å². The summed E-state index contributed by atoms with van der Waals surface area (Å²) in [5.41, 5.74) is 1.16. The van der Waals surface area contributed by atoms with Crippen molar-refractivity contribution in [2.45, 2.75) is 6.92 Å². The van der Waals surface area contributed by atoms with Crippen LogP contribution in [0.2, 0.25) is 0 Å². The molecule has 6 heteroatoms. The second-order valence-electron chi connectivity index (χ2n) is 5.49. The Morgan fingerprint density at radius 1 is 1.17 bits per heavy atom. The molecular formula is C17H20N4O2. The van der Waals surface area contributed by atoms with Gasteiger partial charge in [0.1, 0.15) is 11.6 Å². The van der Waals surface area contributed by atoms with E-state index in [1.807, 2.05) is 17.2 Å². The van der Waals surface area contributed by atoms with Crippen molar-refractivity contribution in [3.05, 3.63) is 48.4 Å². The van der Waals surface area contributed by atoms with Gasteiger partial charge >= 0.3 is 0 Å². The molecule has 6 nitrogen and oxygen atoms in total. The average Bonchev–Trinajstić information content (AvgIpc) is 2.61. The molecule has 0 bridgehead atoms. The molecule has 1 saturated heterocycles. The number of pyridine rings is 2. The normalized spacial score (nSPS) is 14.7. The lowest BCUT2D eigenvalue weighted by Crippen LogP contribution is -2.50. The van der Waals surface area contributed by atoms with Gasteiger partial charge in [-0.2, -0.15) is 0 Å². The van der Waals surface area contributed by atoms with Gasteiger partial charge in [0.05, 0.1) is 6.20 Å². The number of anilines is 1. The molecule has 0 aliphatic carbocycles. The molecule has 0 unspecified atom stereocenters. The molecule has 1 aliphatic rings. The number of nitrogens with zero attached hydrogens (tertiary/aromatic N) is 4. The van der Waals surface area contributed by atoms with Gasteiger partial charge in [-0.15, -0.1) is 0 Å². The van der Waals surface area contributed by atoms with E-state index in [-0.39, 0.29) is 12.5 Å². The van der Waals surface area contributed by atoms with Gasteiger partial charge in [-0.3, -0.25) is 9.78 Å². The Bertz CT molecular complexity index is 655. The highest BCUT2D eigenvalue weighted by Gasteiger charge is 2.22. The molecule has 1 aliphatic heterocycles. The maximum absolute atomic E-state index is 12.2. The lowest BCUT2D eigenvalue weighted by Gasteiger charge is -2.35. The molecule has 1 amide bonds. The third-order valence-corrected chi connectivity index (χ3v) is 3.91. The van der Waals surface area contributed by atoms with Crippen molar-refractivity contribution in [3.8, 4) is 5.75 Å². The van der Waals surface area contributed by atoms with Crippen molar-refractivity contribution < 1.29 is 9.53 Å². The minimum absolute atomic E-state index is 0.00578. The smallest absolute Gasteiger partial charge is 0.260 e. The Labute approximate surface area is 135 Å². The van der Waals surface area contributed by atoms with Gasteiger partial charge in [0.25, 0.3) is 5.91 Å². The van der Waals surface area contributed by atoms with Gasteiger partial charge in [-0.1, -0.05) is 6.07 Å². The van der Waals surface area contributed by atoms with E-state index < -0.39 is 0 Å². The summed E-state index contributed by atoms with van der Waals surface area (Å²) in [4.78, 5) is 24.7. The van der Waals surface area contributed by atoms with E-state index >= 15 is 0 Å². The number of ether oxygens (including phenoxy) is 1. The van der Waals surface area contributed by atoms with Crippen LogP contribution in [0.1, 0.15) is 5.56 Å². The highest BCUT2D eigenvalue weighted by Crippen LogP contribution is 2.17. The van der Waals surface area contributed by atoms with E-state index in [9.17, 15) is 4.79 Å². The Morgan fingerprint density at radius 3 is 2.65 bits per heavy atom. The lowest BCUT2D eigenvalue weighted by atomic mass is 10.2. The standard InChI is InChI=1S/C17H20N4O2/c1-14-4-2-7-19-17(14)21-10-8-20(9-11-21)16(22)13-23-15-5-3-6-18-12-15/h2-7,12H,8-11,13H2,1H3. The van der Waals surface area contributed by atoms with E-state index in [4.69, 9.17) is 4.74 Å². The van der Waals surface area contributed by atoms with Crippen molar-refractivity contribution >= 4 is 11.7 Å². The van der Waals surface area contributed by atoms with Crippen LogP contribution in [0.15, 0.2) is 42.9 Å². The molecule has 3 heterocycles. The monoisotopic (exact) mass is 312 g/mol. The highest BCUT2D eigenvalue weighted by molar-refractivity contribution is 5.78. The van der Waals surface area contributed by atoms with Crippen LogP contribution in [-0.4, -0.2) is 53.6 Å². The third-order valence-electron chi connectivity index (χ3n) is 3.91. The maximum Gasteiger partial charge on any atom is 0.260 e. The molecule has 0 N–H and O–H groups in total. The fraction of sp³-hybridized carbons (Fsp3) is 0.353. The number of piperazine rings is 1. The minimum Gasteiger partial charge on any atom is -0.482 e. The van der Waals surface area contributed by atoms with Gasteiger partial charge in [0, 0.05) is 38.6 Å². The van der Waals surface area contributed by atoms with Gasteiger partial charge in [-0.25, -0.2) is 4.98 Å². The second kappa shape index (κ2) is 7.09. The lowest BCUT2D eigenvalue weighted by molar-refractivity contribution is -0.133. The molecule has 0 radical (unpaired) electrons. The van der Waals surface area contributed by atoms with Crippen molar-refractivity contribution in [2.24, 2.45) is 0 Å². The zero-order chi connectivity index (χ0) is 16.1. The summed E-state index contributed by atoms with van der Waals surface area (Å²) >= 11 is 0. The SMILES string of the molecule is Cc1cccnc1N1CCN(C(=O)COc2cccnc2)CC1. The summed E-state index contributed by atoms with van der Waals surface area (Å²) in [6, 6.07) is 7.58. The summed E-state index contributed by atoms with van der Waals surface area (Å²) in [5.74, 6) is 1.63. The molecule has 0 aromatic carbocycles. The summed E-state index contributed by atoms with van der Waals surface area (Å²) < 4.78 is 5.47. The maximum atomic E-state index is 12.2. The first-order chi connectivity index (χ1) is 11.2. The van der Waals surface area contributed by atoms with Crippen molar-refractivity contribution in [3.63, 3.8) is 0 Å². The molecule has 2 aromatic rings. The van der Waals surface area contributed by atoms with Crippen LogP contribution in [0, 0.1) is 6.92 Å². The average molecular weight is 312 g/mol. The first-order valence-corrected chi connectivity index (χ1v) is 7.71. The number of rotatable bonds is 4. The number of carbonyl (C=O) groups excluding carboxylic acids is 1. The van der Waals surface area contributed by atoms with Gasteiger partial charge in [0.15, 0.2) is 6.61 Å². The molecule has 0 spiro atoms. The first kappa shape index (κ1) is 15.3. The predicted molar refractivity (Wildman–Crippen MR) is 87.5 cm³/mol. The number of aryl methyl sites for hydroxylation is 1. The van der Waals surface area contributed by atoms with Crippen LogP contribution in [0.3, 0.4) is 0 Å². The van der Waals surface area contributed by atoms with E-state index in [1.165, 1.54) is 0 Å². The fourth-order valence-corrected chi connectivity index (χ4v) is 2.64. The van der Waals surface area contributed by atoms with Crippen LogP contribution in [0.4, 0.5) is 5.82 Å². The first-order valence-electron chi connectivity index (χ1n) is 7.71. The Hall–Kier alpha value is -2.63. The third kappa shape index (κ3) is 3.77. The summed E-state index contributed by atoms with van der Waals surface area (Å²) in [7, 11) is 0. The zero-order valence-corrected chi connectivity index (χ0v) is 13.2. The van der Waals surface area contributed by atoms with Crippen molar-refractivity contribution in [1.82, 2.24) is 14.9 Å². The van der Waals surface area contributed by atoms with E-state index in [0.717, 1.165) is 24.5 Å². The Balaban J connectivity index is 1.50. The van der Waals surface area contributed by atoms with E-state index in [2.05, 4.69) is 27.9 Å². The number of carbonyl (C=O) groups is 1. The zero-order valence-electron chi connectivity index (χ0n) is 13.2. The van der Waals surface area contributed by atoms with Gasteiger partial charge in [0.2, 0.25) is 0 Å². The van der Waals surface area contributed by atoms with Gasteiger partial charge < -0.3 is 14.5 Å². The highest BCUT2D eigenvalue weighted by atomic mass is 16.5. The number of hydrogen-bond acceptors (Lipinski definition) is 5. The molecule has 0 atom stereocenters. The fourth-order valence-electron chi connectivity index (χ4n) is 2.64. The quantitative estimate of drug-likeness (QED) is 0.856. The molecule has 1 fully saturated rings. The molecule has 0 saturated carbocycles. The predicted octanol–water partition coefficient (Wildman–Crippen LogP) is 1.51. The van der Waals surface area contributed by atoms with Crippen LogP contribution < -0.4 is 9.64 Å². The summed E-state index contributed by atoms with van der Waals surface area (Å²) in [5, 5.41) is 0. The molecule has 120 valence electrons. The van der Waals surface area contributed by atoms with Crippen LogP contribution in [0.5, 0.6) is 5.75 Å². The van der Waals surface area contributed by atoms with E-state index in [0.29, 0.717) is 18.8 Å². The molecule has 23 heavy (non-hydrogen) atoms. The molecule has 3 rings (SSSR count). The number of hydrogen-bond donors (Lipinski definition) is 0. The topological polar surface area (TPSA) is 58.6 Å². The van der Waals surface area contributed by atoms with E-state index in [1.54, 1.807) is 24.5 Å². The summed E-state index contributed by atoms with van der Waals surface area (Å²) in [6.45, 7) is 5.05. The minimum atomic E-state index is 0.00578.